The summed E-state index contributed by atoms with van der Waals surface area (Å²) in [5.74, 6) is 0.206. The van der Waals surface area contributed by atoms with Gasteiger partial charge < -0.3 is 11.1 Å². The molecule has 1 aromatic rings. The van der Waals surface area contributed by atoms with Gasteiger partial charge in [0, 0.05) is 0 Å². The van der Waals surface area contributed by atoms with E-state index in [2.05, 4.69) is 5.32 Å². The molecule has 1 rings (SSSR count). The Bertz CT molecular complexity index is 420. The molecule has 1 aromatic carbocycles. The largest absolute Gasteiger partial charge is 0.323 e. The quantitative estimate of drug-likeness (QED) is 0.881. The summed E-state index contributed by atoms with van der Waals surface area (Å²) in [5, 5.41) is 3.37. The third-order valence-electron chi connectivity index (χ3n) is 2.74. The molecule has 1 atom stereocenters. The molecule has 100 valence electrons. The number of anilines is 1. The van der Waals surface area contributed by atoms with Crippen molar-refractivity contribution in [2.24, 2.45) is 11.7 Å². The van der Waals surface area contributed by atoms with Crippen LogP contribution in [0.4, 0.5) is 5.69 Å². The zero-order valence-electron chi connectivity index (χ0n) is 11.4. The maximum Gasteiger partial charge on any atom is 0.241 e. The number of benzene rings is 1. The van der Waals surface area contributed by atoms with Gasteiger partial charge in [0.1, 0.15) is 0 Å². The van der Waals surface area contributed by atoms with Gasteiger partial charge in [-0.3, -0.25) is 4.79 Å². The van der Waals surface area contributed by atoms with Crippen molar-refractivity contribution in [3.05, 3.63) is 28.3 Å². The van der Waals surface area contributed by atoms with E-state index in [-0.39, 0.29) is 5.91 Å². The van der Waals surface area contributed by atoms with Crippen LogP contribution in [0.2, 0.25) is 5.02 Å². The molecule has 0 heterocycles. The van der Waals surface area contributed by atoms with Crippen LogP contribution in [-0.4, -0.2) is 11.9 Å². The molecule has 0 spiro atoms. The second-order valence-corrected chi connectivity index (χ2v) is 5.57. The summed E-state index contributed by atoms with van der Waals surface area (Å²) in [6.45, 7) is 7.96. The number of hydrogen-bond acceptors (Lipinski definition) is 2. The van der Waals surface area contributed by atoms with Crippen molar-refractivity contribution in [3.8, 4) is 0 Å². The molecule has 0 fully saturated rings. The number of amides is 1. The normalized spacial score (nSPS) is 12.6. The van der Waals surface area contributed by atoms with E-state index < -0.39 is 6.04 Å². The van der Waals surface area contributed by atoms with E-state index >= 15 is 0 Å². The summed E-state index contributed by atoms with van der Waals surface area (Å²) >= 11 is 6.13. The molecule has 0 unspecified atom stereocenters. The predicted molar refractivity (Wildman–Crippen MR) is 77.0 cm³/mol. The summed E-state index contributed by atoms with van der Waals surface area (Å²) in [7, 11) is 0. The third kappa shape index (κ3) is 4.00. The summed E-state index contributed by atoms with van der Waals surface area (Å²) < 4.78 is 0. The maximum absolute atomic E-state index is 11.9. The van der Waals surface area contributed by atoms with Gasteiger partial charge >= 0.3 is 0 Å². The van der Waals surface area contributed by atoms with Gasteiger partial charge in [0.05, 0.1) is 16.8 Å². The Morgan fingerprint density at radius 2 is 2.00 bits per heavy atom. The molecule has 0 bridgehead atoms. The first-order valence-electron chi connectivity index (χ1n) is 6.14. The fourth-order valence-corrected chi connectivity index (χ4v) is 2.27. The molecule has 3 N–H and O–H groups in total. The summed E-state index contributed by atoms with van der Waals surface area (Å²) in [6.07, 6.45) is 0.661. The van der Waals surface area contributed by atoms with Gasteiger partial charge in [-0.15, -0.1) is 0 Å². The highest BCUT2D eigenvalue weighted by Gasteiger charge is 2.17. The van der Waals surface area contributed by atoms with Gasteiger partial charge in [-0.05, 0) is 43.4 Å². The third-order valence-corrected chi connectivity index (χ3v) is 3.04. The lowest BCUT2D eigenvalue weighted by Crippen LogP contribution is -2.36. The highest BCUT2D eigenvalue weighted by Crippen LogP contribution is 2.27. The highest BCUT2D eigenvalue weighted by molar-refractivity contribution is 6.34. The van der Waals surface area contributed by atoms with E-state index in [4.69, 9.17) is 17.3 Å². The minimum absolute atomic E-state index is 0.183. The topological polar surface area (TPSA) is 55.1 Å². The van der Waals surface area contributed by atoms with Crippen molar-refractivity contribution >= 4 is 23.2 Å². The number of carbonyl (C=O) groups is 1. The molecule has 3 nitrogen and oxygen atoms in total. The van der Waals surface area contributed by atoms with E-state index in [1.54, 1.807) is 0 Å². The molecule has 1 amide bonds. The molecule has 18 heavy (non-hydrogen) atoms. The van der Waals surface area contributed by atoms with E-state index in [9.17, 15) is 4.79 Å². The van der Waals surface area contributed by atoms with Crippen LogP contribution in [0.3, 0.4) is 0 Å². The number of rotatable bonds is 4. The van der Waals surface area contributed by atoms with Crippen molar-refractivity contribution in [1.29, 1.82) is 0 Å². The predicted octanol–water partition coefficient (Wildman–Crippen LogP) is 3.27. The number of nitrogens with two attached hydrogens (primary N) is 1. The molecule has 0 radical (unpaired) electrons. The molecule has 0 saturated carbocycles. The Morgan fingerprint density at radius 3 is 2.50 bits per heavy atom. The summed E-state index contributed by atoms with van der Waals surface area (Å²) in [6, 6.07) is 3.31. The number of halogens is 1. The molecule has 0 aliphatic rings. The van der Waals surface area contributed by atoms with Crippen molar-refractivity contribution in [2.75, 3.05) is 5.32 Å². The van der Waals surface area contributed by atoms with E-state index in [0.717, 1.165) is 11.1 Å². The van der Waals surface area contributed by atoms with Crippen molar-refractivity contribution in [1.82, 2.24) is 0 Å². The lowest BCUT2D eigenvalue weighted by molar-refractivity contribution is -0.117. The zero-order valence-corrected chi connectivity index (χ0v) is 12.1. The number of carbonyl (C=O) groups excluding carboxylic acids is 1. The minimum atomic E-state index is -0.498. The molecule has 0 saturated heterocycles. The lowest BCUT2D eigenvalue weighted by atomic mass is 10.0. The smallest absolute Gasteiger partial charge is 0.241 e. The molecule has 0 aromatic heterocycles. The minimum Gasteiger partial charge on any atom is -0.323 e. The van der Waals surface area contributed by atoms with Crippen LogP contribution in [0.5, 0.6) is 0 Å². The first kappa shape index (κ1) is 15.0. The van der Waals surface area contributed by atoms with Crippen LogP contribution in [-0.2, 0) is 4.79 Å². The Kier molecular flexibility index (Phi) is 5.17. The Hall–Kier alpha value is -1.06. The number of hydrogen-bond donors (Lipinski definition) is 2. The highest BCUT2D eigenvalue weighted by atomic mass is 35.5. The fourth-order valence-electron chi connectivity index (χ4n) is 1.90. The lowest BCUT2D eigenvalue weighted by Gasteiger charge is -2.16. The van der Waals surface area contributed by atoms with Crippen LogP contribution >= 0.6 is 11.6 Å². The fraction of sp³-hybridized carbons (Fsp3) is 0.500. The van der Waals surface area contributed by atoms with Gasteiger partial charge in [-0.1, -0.05) is 31.5 Å². The van der Waals surface area contributed by atoms with E-state index in [0.29, 0.717) is 23.0 Å². The van der Waals surface area contributed by atoms with E-state index in [1.807, 2.05) is 39.8 Å². The molecule has 4 heteroatoms. The molecular formula is C14H21ClN2O. The van der Waals surface area contributed by atoms with Crippen LogP contribution in [0.1, 0.15) is 31.4 Å². The van der Waals surface area contributed by atoms with Gasteiger partial charge in [-0.2, -0.15) is 0 Å². The number of nitrogens with one attached hydrogen (secondary N) is 1. The van der Waals surface area contributed by atoms with Crippen molar-refractivity contribution in [3.63, 3.8) is 0 Å². The number of aryl methyl sites for hydroxylation is 2. The zero-order chi connectivity index (χ0) is 13.9. The van der Waals surface area contributed by atoms with Gasteiger partial charge in [0.2, 0.25) is 5.91 Å². The van der Waals surface area contributed by atoms with Crippen molar-refractivity contribution < 1.29 is 4.79 Å². The average molecular weight is 269 g/mol. The average Bonchev–Trinajstić information content (AvgIpc) is 2.21. The van der Waals surface area contributed by atoms with Gasteiger partial charge in [-0.25, -0.2) is 0 Å². The Balaban J connectivity index is 2.82. The van der Waals surface area contributed by atoms with Crippen molar-refractivity contribution in [2.45, 2.75) is 40.2 Å². The van der Waals surface area contributed by atoms with Crippen LogP contribution in [0.25, 0.3) is 0 Å². The standard InChI is InChI=1S/C14H21ClN2O/c1-8(2)5-12(16)14(18)17-13-10(4)6-9(3)7-11(13)15/h6-8,12H,5,16H2,1-4H3,(H,17,18)/t12-/m0/s1. The summed E-state index contributed by atoms with van der Waals surface area (Å²) in [5.41, 5.74) is 8.52. The monoisotopic (exact) mass is 268 g/mol. The summed E-state index contributed by atoms with van der Waals surface area (Å²) in [4.78, 5) is 11.9. The first-order valence-corrected chi connectivity index (χ1v) is 6.52. The van der Waals surface area contributed by atoms with Crippen LogP contribution in [0.15, 0.2) is 12.1 Å². The first-order chi connectivity index (χ1) is 8.31. The Morgan fingerprint density at radius 1 is 1.39 bits per heavy atom. The van der Waals surface area contributed by atoms with Crippen LogP contribution < -0.4 is 11.1 Å². The van der Waals surface area contributed by atoms with E-state index in [1.165, 1.54) is 0 Å². The molecular weight excluding hydrogens is 248 g/mol. The maximum atomic E-state index is 11.9. The second-order valence-electron chi connectivity index (χ2n) is 5.16. The molecule has 0 aliphatic heterocycles. The van der Waals surface area contributed by atoms with Crippen LogP contribution in [0, 0.1) is 19.8 Å². The second kappa shape index (κ2) is 6.21. The SMILES string of the molecule is Cc1cc(C)c(NC(=O)[C@@H](N)CC(C)C)c(Cl)c1. The van der Waals surface area contributed by atoms with Gasteiger partial charge in [0.25, 0.3) is 0 Å². The van der Waals surface area contributed by atoms with Gasteiger partial charge in [0.15, 0.2) is 0 Å². The Labute approximate surface area is 114 Å². The molecule has 0 aliphatic carbocycles.